The second-order valence-corrected chi connectivity index (χ2v) is 7.71. The van der Waals surface area contributed by atoms with E-state index in [1.165, 1.54) is 6.92 Å². The molecule has 1 unspecified atom stereocenters. The molecular formula is C26H28N2O4. The normalized spacial score (nSPS) is 11.6. The quantitative estimate of drug-likeness (QED) is 0.308. The van der Waals surface area contributed by atoms with E-state index in [2.05, 4.69) is 24.7 Å². The van der Waals surface area contributed by atoms with Gasteiger partial charge in [0.25, 0.3) is 11.8 Å². The Hall–Kier alpha value is -3.67. The zero-order valence-corrected chi connectivity index (χ0v) is 18.6. The summed E-state index contributed by atoms with van der Waals surface area (Å²) in [5.41, 5.74) is 7.03. The summed E-state index contributed by atoms with van der Waals surface area (Å²) in [6.07, 6.45) is 2.99. The predicted molar refractivity (Wildman–Crippen MR) is 125 cm³/mol. The van der Waals surface area contributed by atoms with Gasteiger partial charge < -0.3 is 4.74 Å². The van der Waals surface area contributed by atoms with E-state index in [1.54, 1.807) is 42.5 Å². The molecule has 0 radical (unpaired) electrons. The number of hydrogen-bond donors (Lipinski definition) is 2. The molecule has 166 valence electrons. The molecule has 2 N–H and O–H groups in total. The van der Waals surface area contributed by atoms with E-state index in [9.17, 15) is 14.4 Å². The molecule has 0 heterocycles. The Morgan fingerprint density at radius 1 is 0.875 bits per heavy atom. The zero-order chi connectivity index (χ0) is 23.1. The van der Waals surface area contributed by atoms with Crippen molar-refractivity contribution >= 4 is 28.6 Å². The van der Waals surface area contributed by atoms with Crippen molar-refractivity contribution in [3.8, 4) is 5.75 Å². The number of hydrazine groups is 1. The summed E-state index contributed by atoms with van der Waals surface area (Å²) in [7, 11) is 0. The number of ether oxygens (including phenoxy) is 1. The predicted octanol–water partition coefficient (Wildman–Crippen LogP) is 5.13. The number of fused-ring (bicyclic) bond motifs is 1. The van der Waals surface area contributed by atoms with Gasteiger partial charge in [-0.2, -0.15) is 0 Å². The van der Waals surface area contributed by atoms with Crippen molar-refractivity contribution in [2.45, 2.75) is 46.0 Å². The Morgan fingerprint density at radius 3 is 2.28 bits per heavy atom. The van der Waals surface area contributed by atoms with Crippen LogP contribution in [0, 0.1) is 0 Å². The highest BCUT2D eigenvalue weighted by Crippen LogP contribution is 2.27. The van der Waals surface area contributed by atoms with Crippen LogP contribution in [-0.2, 0) is 4.79 Å². The summed E-state index contributed by atoms with van der Waals surface area (Å²) in [5.74, 6) is -0.396. The third kappa shape index (κ3) is 5.52. The molecule has 0 aliphatic rings. The molecule has 3 aromatic carbocycles. The highest BCUT2D eigenvalue weighted by Gasteiger charge is 2.18. The molecule has 0 bridgehead atoms. The number of rotatable bonds is 7. The van der Waals surface area contributed by atoms with E-state index in [1.807, 2.05) is 18.2 Å². The molecule has 0 aliphatic heterocycles. The fraction of sp³-hybridized carbons (Fsp3) is 0.269. The van der Waals surface area contributed by atoms with Crippen LogP contribution in [0.15, 0.2) is 60.7 Å². The molecule has 6 nitrogen and oxygen atoms in total. The van der Waals surface area contributed by atoms with Crippen molar-refractivity contribution in [2.75, 3.05) is 0 Å². The minimum absolute atomic E-state index is 0.301. The van der Waals surface area contributed by atoms with E-state index in [0.29, 0.717) is 22.8 Å². The molecule has 3 aromatic rings. The van der Waals surface area contributed by atoms with Gasteiger partial charge in [-0.1, -0.05) is 50.6 Å². The van der Waals surface area contributed by atoms with Crippen molar-refractivity contribution in [3.63, 3.8) is 0 Å². The second-order valence-electron chi connectivity index (χ2n) is 7.71. The maximum atomic E-state index is 12.8. The third-order valence-corrected chi connectivity index (χ3v) is 5.40. The molecule has 0 spiro atoms. The van der Waals surface area contributed by atoms with E-state index >= 15 is 0 Å². The maximum Gasteiger partial charge on any atom is 0.308 e. The minimum Gasteiger partial charge on any atom is -0.427 e. The van der Waals surface area contributed by atoms with Gasteiger partial charge in [0, 0.05) is 18.1 Å². The summed E-state index contributed by atoms with van der Waals surface area (Å²) < 4.78 is 5.09. The summed E-state index contributed by atoms with van der Waals surface area (Å²) in [6.45, 7) is 5.59. The summed E-state index contributed by atoms with van der Waals surface area (Å²) in [5, 5.41) is 1.65. The largest absolute Gasteiger partial charge is 0.427 e. The average molecular weight is 433 g/mol. The number of esters is 1. The Labute approximate surface area is 187 Å². The number of hydrogen-bond acceptors (Lipinski definition) is 4. The summed E-state index contributed by atoms with van der Waals surface area (Å²) in [6, 6.07) is 17.8. The van der Waals surface area contributed by atoms with Crippen LogP contribution >= 0.6 is 0 Å². The fourth-order valence-electron chi connectivity index (χ4n) is 3.84. The lowest BCUT2D eigenvalue weighted by Crippen LogP contribution is -2.42. The fourth-order valence-corrected chi connectivity index (χ4v) is 3.84. The first-order valence-electron chi connectivity index (χ1n) is 10.8. The van der Waals surface area contributed by atoms with Crippen molar-refractivity contribution in [3.05, 3.63) is 77.4 Å². The van der Waals surface area contributed by atoms with Crippen molar-refractivity contribution in [1.29, 1.82) is 0 Å². The Bertz CT molecular complexity index is 1140. The molecule has 0 aromatic heterocycles. The highest BCUT2D eigenvalue weighted by molar-refractivity contribution is 6.01. The first-order chi connectivity index (χ1) is 15.4. The van der Waals surface area contributed by atoms with Gasteiger partial charge in [0.2, 0.25) is 0 Å². The van der Waals surface area contributed by atoms with Crippen LogP contribution < -0.4 is 15.6 Å². The van der Waals surface area contributed by atoms with Gasteiger partial charge in [-0.05, 0) is 65.4 Å². The Kier molecular flexibility index (Phi) is 7.60. The average Bonchev–Trinajstić information content (AvgIpc) is 2.80. The monoisotopic (exact) mass is 432 g/mol. The Balaban J connectivity index is 1.71. The second kappa shape index (κ2) is 10.6. The van der Waals surface area contributed by atoms with Crippen LogP contribution in [0.25, 0.3) is 10.8 Å². The van der Waals surface area contributed by atoms with Gasteiger partial charge in [-0.3, -0.25) is 25.2 Å². The lowest BCUT2D eigenvalue weighted by Gasteiger charge is -2.18. The summed E-state index contributed by atoms with van der Waals surface area (Å²) >= 11 is 0. The third-order valence-electron chi connectivity index (χ3n) is 5.40. The number of benzene rings is 3. The minimum atomic E-state index is -0.414. The summed E-state index contributed by atoms with van der Waals surface area (Å²) in [4.78, 5) is 36.5. The topological polar surface area (TPSA) is 84.5 Å². The Morgan fingerprint density at radius 2 is 1.56 bits per heavy atom. The molecule has 32 heavy (non-hydrogen) atoms. The zero-order valence-electron chi connectivity index (χ0n) is 18.6. The molecule has 0 saturated carbocycles. The van der Waals surface area contributed by atoms with Crippen LogP contribution in [0.4, 0.5) is 0 Å². The van der Waals surface area contributed by atoms with Gasteiger partial charge in [0.15, 0.2) is 0 Å². The van der Waals surface area contributed by atoms with Crippen molar-refractivity contribution in [2.24, 2.45) is 0 Å². The van der Waals surface area contributed by atoms with Gasteiger partial charge >= 0.3 is 5.97 Å². The van der Waals surface area contributed by atoms with Crippen LogP contribution in [0.2, 0.25) is 0 Å². The van der Waals surface area contributed by atoms with Crippen LogP contribution in [0.5, 0.6) is 5.75 Å². The SMILES string of the molecule is CCCC(CC)c1ccccc1C(=O)NNC(=O)c1ccc2cc(OC(C)=O)ccc2c1. The van der Waals surface area contributed by atoms with Gasteiger partial charge in [-0.15, -0.1) is 0 Å². The van der Waals surface area contributed by atoms with E-state index in [-0.39, 0.29) is 5.91 Å². The lowest BCUT2D eigenvalue weighted by molar-refractivity contribution is -0.131. The van der Waals surface area contributed by atoms with E-state index in [0.717, 1.165) is 35.6 Å². The molecule has 1 atom stereocenters. The number of nitrogens with one attached hydrogen (secondary N) is 2. The number of amides is 2. The first-order valence-corrected chi connectivity index (χ1v) is 10.8. The molecule has 2 amide bonds. The highest BCUT2D eigenvalue weighted by atomic mass is 16.5. The molecule has 3 rings (SSSR count). The molecule has 0 aliphatic carbocycles. The van der Waals surface area contributed by atoms with Gasteiger partial charge in [0.05, 0.1) is 0 Å². The van der Waals surface area contributed by atoms with E-state index in [4.69, 9.17) is 4.74 Å². The standard InChI is InChI=1S/C26H28N2O4/c1-4-8-18(5-2)23-9-6-7-10-24(23)26(31)28-27-25(30)21-12-11-20-16-22(32-17(3)29)14-13-19(20)15-21/h6-7,9-16,18H,4-5,8H2,1-3H3,(H,27,30)(H,28,31). The first kappa shape index (κ1) is 23.0. The molecular weight excluding hydrogens is 404 g/mol. The van der Waals surface area contributed by atoms with Gasteiger partial charge in [-0.25, -0.2) is 0 Å². The number of carbonyl (C=O) groups excluding carboxylic acids is 3. The van der Waals surface area contributed by atoms with Crippen LogP contribution in [-0.4, -0.2) is 17.8 Å². The lowest BCUT2D eigenvalue weighted by atomic mass is 9.88. The molecule has 0 saturated heterocycles. The van der Waals surface area contributed by atoms with Crippen molar-refractivity contribution in [1.82, 2.24) is 10.9 Å². The number of carbonyl (C=O) groups is 3. The van der Waals surface area contributed by atoms with Gasteiger partial charge in [0.1, 0.15) is 5.75 Å². The van der Waals surface area contributed by atoms with Crippen LogP contribution in [0.3, 0.4) is 0 Å². The maximum absolute atomic E-state index is 12.8. The van der Waals surface area contributed by atoms with Crippen LogP contribution in [0.1, 0.15) is 72.2 Å². The van der Waals surface area contributed by atoms with Crippen molar-refractivity contribution < 1.29 is 19.1 Å². The molecule has 0 fully saturated rings. The smallest absolute Gasteiger partial charge is 0.308 e. The van der Waals surface area contributed by atoms with E-state index < -0.39 is 11.9 Å². The molecule has 6 heteroatoms.